The summed E-state index contributed by atoms with van der Waals surface area (Å²) >= 11 is 0. The number of anilines is 1. The number of carbonyl (C=O) groups is 1. The van der Waals surface area contributed by atoms with Gasteiger partial charge < -0.3 is 5.32 Å². The smallest absolute Gasteiger partial charge is 0.225 e. The molecule has 5 nitrogen and oxygen atoms in total. The zero-order valence-electron chi connectivity index (χ0n) is 9.60. The predicted octanol–water partition coefficient (Wildman–Crippen LogP) is 1.68. The van der Waals surface area contributed by atoms with E-state index in [0.717, 1.165) is 11.1 Å². The molecular formula is C12H14N4O. The molecule has 2 rings (SSSR count). The SMILES string of the molecule is Cc1cn[nH]c1NC(=O)CCc1cccnc1. The zero-order chi connectivity index (χ0) is 12.1. The topological polar surface area (TPSA) is 70.7 Å². The standard InChI is InChI=1S/C12H14N4O/c1-9-7-14-16-12(9)15-11(17)5-4-10-3-2-6-13-8-10/h2-3,6-8H,4-5H2,1H3,(H2,14,15,16,17). The van der Waals surface area contributed by atoms with Gasteiger partial charge >= 0.3 is 0 Å². The van der Waals surface area contributed by atoms with Crippen molar-refractivity contribution in [2.24, 2.45) is 0 Å². The summed E-state index contributed by atoms with van der Waals surface area (Å²) in [5, 5.41) is 9.37. The molecule has 0 aliphatic rings. The van der Waals surface area contributed by atoms with Gasteiger partial charge in [0.05, 0.1) is 6.20 Å². The van der Waals surface area contributed by atoms with Gasteiger partial charge in [0.1, 0.15) is 5.82 Å². The molecular weight excluding hydrogens is 216 g/mol. The number of nitrogens with one attached hydrogen (secondary N) is 2. The monoisotopic (exact) mass is 230 g/mol. The Morgan fingerprint density at radius 3 is 3.00 bits per heavy atom. The van der Waals surface area contributed by atoms with Gasteiger partial charge in [-0.3, -0.25) is 14.9 Å². The van der Waals surface area contributed by atoms with Gasteiger partial charge in [-0.15, -0.1) is 0 Å². The Bertz CT molecular complexity index is 492. The van der Waals surface area contributed by atoms with Gasteiger partial charge in [0.25, 0.3) is 0 Å². The number of amides is 1. The number of hydrogen-bond donors (Lipinski definition) is 2. The van der Waals surface area contributed by atoms with Crippen molar-refractivity contribution in [2.45, 2.75) is 19.8 Å². The molecule has 2 aromatic heterocycles. The van der Waals surface area contributed by atoms with Gasteiger partial charge in [-0.2, -0.15) is 5.10 Å². The Morgan fingerprint density at radius 1 is 1.47 bits per heavy atom. The first-order valence-corrected chi connectivity index (χ1v) is 5.44. The number of aromatic amines is 1. The van der Waals surface area contributed by atoms with Crippen molar-refractivity contribution in [2.75, 3.05) is 5.32 Å². The van der Waals surface area contributed by atoms with Crippen LogP contribution in [0.5, 0.6) is 0 Å². The van der Waals surface area contributed by atoms with E-state index in [4.69, 9.17) is 0 Å². The molecule has 2 N–H and O–H groups in total. The first-order chi connectivity index (χ1) is 8.25. The van der Waals surface area contributed by atoms with Crippen LogP contribution in [0.3, 0.4) is 0 Å². The van der Waals surface area contributed by atoms with Crippen molar-refractivity contribution in [3.8, 4) is 0 Å². The summed E-state index contributed by atoms with van der Waals surface area (Å²) in [6.07, 6.45) is 6.29. The van der Waals surface area contributed by atoms with Gasteiger partial charge in [-0.25, -0.2) is 0 Å². The summed E-state index contributed by atoms with van der Waals surface area (Å²) in [7, 11) is 0. The minimum Gasteiger partial charge on any atom is -0.311 e. The van der Waals surface area contributed by atoms with Gasteiger partial charge in [0.2, 0.25) is 5.91 Å². The lowest BCUT2D eigenvalue weighted by atomic mass is 10.1. The molecule has 0 saturated carbocycles. The third kappa shape index (κ3) is 3.14. The molecule has 1 amide bonds. The fourth-order valence-corrected chi connectivity index (χ4v) is 1.48. The number of aromatic nitrogens is 3. The molecule has 0 atom stereocenters. The lowest BCUT2D eigenvalue weighted by molar-refractivity contribution is -0.116. The lowest BCUT2D eigenvalue weighted by Gasteiger charge is -2.03. The molecule has 17 heavy (non-hydrogen) atoms. The molecule has 88 valence electrons. The second kappa shape index (κ2) is 5.25. The maximum atomic E-state index is 11.7. The number of carbonyl (C=O) groups excluding carboxylic acids is 1. The molecule has 0 bridgehead atoms. The van der Waals surface area contributed by atoms with E-state index in [-0.39, 0.29) is 5.91 Å². The van der Waals surface area contributed by atoms with Crippen LogP contribution in [0.1, 0.15) is 17.5 Å². The van der Waals surface area contributed by atoms with Crippen molar-refractivity contribution in [1.29, 1.82) is 0 Å². The van der Waals surface area contributed by atoms with Crippen LogP contribution in [0, 0.1) is 6.92 Å². The lowest BCUT2D eigenvalue weighted by Crippen LogP contribution is -2.13. The molecule has 0 radical (unpaired) electrons. The average Bonchev–Trinajstić information content (AvgIpc) is 2.74. The molecule has 2 heterocycles. The quantitative estimate of drug-likeness (QED) is 0.839. The van der Waals surface area contributed by atoms with Crippen molar-refractivity contribution >= 4 is 11.7 Å². The van der Waals surface area contributed by atoms with E-state index in [1.807, 2.05) is 19.1 Å². The normalized spacial score (nSPS) is 10.2. The Morgan fingerprint density at radius 2 is 2.35 bits per heavy atom. The van der Waals surface area contributed by atoms with Gasteiger partial charge in [0.15, 0.2) is 0 Å². The highest BCUT2D eigenvalue weighted by Crippen LogP contribution is 2.09. The summed E-state index contributed by atoms with van der Waals surface area (Å²) in [5.74, 6) is 0.641. The minimum absolute atomic E-state index is 0.0267. The fourth-order valence-electron chi connectivity index (χ4n) is 1.48. The molecule has 0 aliphatic carbocycles. The largest absolute Gasteiger partial charge is 0.311 e. The molecule has 5 heteroatoms. The number of pyridine rings is 1. The molecule has 0 fully saturated rings. The van der Waals surface area contributed by atoms with Crippen LogP contribution in [0.2, 0.25) is 0 Å². The fraction of sp³-hybridized carbons (Fsp3) is 0.250. The number of aryl methyl sites for hydroxylation is 2. The molecule has 0 spiro atoms. The van der Waals surface area contributed by atoms with Crippen molar-refractivity contribution < 1.29 is 4.79 Å². The minimum atomic E-state index is -0.0267. The van der Waals surface area contributed by atoms with Crippen molar-refractivity contribution in [1.82, 2.24) is 15.2 Å². The van der Waals surface area contributed by atoms with E-state index in [9.17, 15) is 4.79 Å². The van der Waals surface area contributed by atoms with Crippen LogP contribution >= 0.6 is 0 Å². The highest BCUT2D eigenvalue weighted by atomic mass is 16.1. The molecule has 0 unspecified atom stereocenters. The Labute approximate surface area is 99.3 Å². The van der Waals surface area contributed by atoms with Crippen molar-refractivity contribution in [3.63, 3.8) is 0 Å². The van der Waals surface area contributed by atoms with Gasteiger partial charge in [0, 0.05) is 24.4 Å². The summed E-state index contributed by atoms with van der Waals surface area (Å²) in [5.41, 5.74) is 1.99. The van der Waals surface area contributed by atoms with Crippen LogP contribution in [0.15, 0.2) is 30.7 Å². The second-order valence-electron chi connectivity index (χ2n) is 3.84. The van der Waals surface area contributed by atoms with E-state index < -0.39 is 0 Å². The second-order valence-corrected chi connectivity index (χ2v) is 3.84. The Balaban J connectivity index is 1.85. The van der Waals surface area contributed by atoms with E-state index in [2.05, 4.69) is 20.5 Å². The average molecular weight is 230 g/mol. The zero-order valence-corrected chi connectivity index (χ0v) is 9.60. The maximum absolute atomic E-state index is 11.7. The van der Waals surface area contributed by atoms with Crippen molar-refractivity contribution in [3.05, 3.63) is 41.9 Å². The van der Waals surface area contributed by atoms with Gasteiger partial charge in [-0.1, -0.05) is 6.07 Å². The highest BCUT2D eigenvalue weighted by molar-refractivity contribution is 5.90. The summed E-state index contributed by atoms with van der Waals surface area (Å²) in [6.45, 7) is 1.89. The third-order valence-electron chi connectivity index (χ3n) is 2.46. The van der Waals surface area contributed by atoms with Crippen LogP contribution in [-0.4, -0.2) is 21.1 Å². The van der Waals surface area contributed by atoms with E-state index in [0.29, 0.717) is 18.7 Å². The number of nitrogens with zero attached hydrogens (tertiary/aromatic N) is 2. The Kier molecular flexibility index (Phi) is 3.49. The van der Waals surface area contributed by atoms with Crippen LogP contribution in [-0.2, 0) is 11.2 Å². The molecule has 0 aromatic carbocycles. The molecule has 0 saturated heterocycles. The first-order valence-electron chi connectivity index (χ1n) is 5.44. The van der Waals surface area contributed by atoms with Crippen LogP contribution in [0.4, 0.5) is 5.82 Å². The van der Waals surface area contributed by atoms with Gasteiger partial charge in [-0.05, 0) is 25.0 Å². The van der Waals surface area contributed by atoms with E-state index in [1.165, 1.54) is 0 Å². The van der Waals surface area contributed by atoms with Crippen LogP contribution < -0.4 is 5.32 Å². The maximum Gasteiger partial charge on any atom is 0.225 e. The van der Waals surface area contributed by atoms with E-state index >= 15 is 0 Å². The molecule has 2 aromatic rings. The number of hydrogen-bond acceptors (Lipinski definition) is 3. The molecule has 0 aliphatic heterocycles. The van der Waals surface area contributed by atoms with E-state index in [1.54, 1.807) is 18.6 Å². The summed E-state index contributed by atoms with van der Waals surface area (Å²) in [6, 6.07) is 3.83. The third-order valence-corrected chi connectivity index (χ3v) is 2.46. The summed E-state index contributed by atoms with van der Waals surface area (Å²) in [4.78, 5) is 15.7. The number of H-pyrrole nitrogens is 1. The predicted molar refractivity (Wildman–Crippen MR) is 64.5 cm³/mol. The Hall–Kier alpha value is -2.17. The first kappa shape index (κ1) is 11.3. The van der Waals surface area contributed by atoms with Crippen LogP contribution in [0.25, 0.3) is 0 Å². The highest BCUT2D eigenvalue weighted by Gasteiger charge is 2.06. The number of rotatable bonds is 4. The summed E-state index contributed by atoms with van der Waals surface area (Å²) < 4.78 is 0.